The topological polar surface area (TPSA) is 70.1 Å². The van der Waals surface area contributed by atoms with Crippen LogP contribution in [0.1, 0.15) is 12.0 Å². The second kappa shape index (κ2) is 7.79. The average Bonchev–Trinajstić information content (AvgIpc) is 2.54. The summed E-state index contributed by atoms with van der Waals surface area (Å²) < 4.78 is 5.10. The van der Waals surface area contributed by atoms with Crippen LogP contribution >= 0.6 is 0 Å². The third-order valence-corrected chi connectivity index (χ3v) is 3.88. The van der Waals surface area contributed by atoms with Crippen LogP contribution in [-0.4, -0.2) is 66.6 Å². The van der Waals surface area contributed by atoms with Gasteiger partial charge in [-0.05, 0) is 17.7 Å². The van der Waals surface area contributed by atoms with Crippen molar-refractivity contribution in [3.63, 3.8) is 0 Å². The Balaban J connectivity index is 1.78. The number of carbonyl (C=O) groups is 2. The van der Waals surface area contributed by atoms with Crippen LogP contribution in [0.5, 0.6) is 5.75 Å². The van der Waals surface area contributed by atoms with E-state index in [1.807, 2.05) is 29.2 Å². The molecule has 1 heterocycles. The number of aliphatic carboxylic acids is 1. The van der Waals surface area contributed by atoms with Gasteiger partial charge in [0.15, 0.2) is 0 Å². The highest BCUT2D eigenvalue weighted by atomic mass is 16.5. The molecule has 1 aliphatic heterocycles. The molecule has 0 aliphatic carbocycles. The van der Waals surface area contributed by atoms with Gasteiger partial charge in [-0.25, -0.2) is 0 Å². The fraction of sp³-hybridized carbons (Fsp3) is 0.500. The van der Waals surface area contributed by atoms with Gasteiger partial charge in [0.2, 0.25) is 5.91 Å². The van der Waals surface area contributed by atoms with Crippen LogP contribution in [0.3, 0.4) is 0 Å². The number of hydrogen-bond donors (Lipinski definition) is 1. The molecule has 1 N–H and O–H groups in total. The fourth-order valence-corrected chi connectivity index (χ4v) is 2.50. The molecular formula is C16H22N2O4. The number of benzene rings is 1. The Bertz CT molecular complexity index is 507. The maximum Gasteiger partial charge on any atom is 0.304 e. The first kappa shape index (κ1) is 16.3. The molecule has 1 amide bonds. The maximum atomic E-state index is 12.3. The van der Waals surface area contributed by atoms with E-state index in [-0.39, 0.29) is 12.3 Å². The number of nitrogens with zero attached hydrogens (tertiary/aromatic N) is 2. The second-order valence-electron chi connectivity index (χ2n) is 5.39. The molecule has 0 unspecified atom stereocenters. The molecule has 1 fully saturated rings. The second-order valence-corrected chi connectivity index (χ2v) is 5.39. The summed E-state index contributed by atoms with van der Waals surface area (Å²) in [7, 11) is 1.62. The van der Waals surface area contributed by atoms with Crippen molar-refractivity contribution in [1.82, 2.24) is 9.80 Å². The Hall–Kier alpha value is -2.08. The van der Waals surface area contributed by atoms with Gasteiger partial charge in [0.05, 0.1) is 20.0 Å². The monoisotopic (exact) mass is 306 g/mol. The highest BCUT2D eigenvalue weighted by Gasteiger charge is 2.21. The van der Waals surface area contributed by atoms with Crippen LogP contribution in [0, 0.1) is 0 Å². The zero-order chi connectivity index (χ0) is 15.9. The summed E-state index contributed by atoms with van der Waals surface area (Å²) in [6.45, 7) is 3.35. The molecule has 0 bridgehead atoms. The lowest BCUT2D eigenvalue weighted by Crippen LogP contribution is -2.49. The van der Waals surface area contributed by atoms with Crippen molar-refractivity contribution in [2.45, 2.75) is 12.8 Å². The van der Waals surface area contributed by atoms with Crippen LogP contribution in [0.4, 0.5) is 0 Å². The Labute approximate surface area is 130 Å². The Morgan fingerprint density at radius 1 is 1.14 bits per heavy atom. The van der Waals surface area contributed by atoms with E-state index in [1.54, 1.807) is 7.11 Å². The summed E-state index contributed by atoms with van der Waals surface area (Å²) in [6, 6.07) is 7.51. The minimum absolute atomic E-state index is 0.114. The van der Waals surface area contributed by atoms with Crippen molar-refractivity contribution in [2.24, 2.45) is 0 Å². The molecule has 1 saturated heterocycles. The maximum absolute atomic E-state index is 12.3. The van der Waals surface area contributed by atoms with Crippen molar-refractivity contribution in [1.29, 1.82) is 0 Å². The summed E-state index contributed by atoms with van der Waals surface area (Å²) in [4.78, 5) is 26.8. The van der Waals surface area contributed by atoms with Gasteiger partial charge in [0, 0.05) is 32.7 Å². The van der Waals surface area contributed by atoms with E-state index >= 15 is 0 Å². The Morgan fingerprint density at radius 2 is 1.77 bits per heavy atom. The summed E-state index contributed by atoms with van der Waals surface area (Å²) in [5.74, 6) is 0.115. The molecule has 0 atom stereocenters. The summed E-state index contributed by atoms with van der Waals surface area (Å²) in [6.07, 6.45) is 0.541. The van der Waals surface area contributed by atoms with Crippen LogP contribution in [0.25, 0.3) is 0 Å². The first-order chi connectivity index (χ1) is 10.6. The molecule has 2 rings (SSSR count). The smallest absolute Gasteiger partial charge is 0.304 e. The van der Waals surface area contributed by atoms with Crippen molar-refractivity contribution >= 4 is 11.9 Å². The highest BCUT2D eigenvalue weighted by Crippen LogP contribution is 2.13. The number of piperazine rings is 1. The number of amides is 1. The lowest BCUT2D eigenvalue weighted by molar-refractivity contribution is -0.138. The minimum Gasteiger partial charge on any atom is -0.497 e. The molecule has 1 aromatic carbocycles. The zero-order valence-corrected chi connectivity index (χ0v) is 12.8. The molecule has 6 nitrogen and oxygen atoms in total. The first-order valence-corrected chi connectivity index (χ1v) is 7.43. The number of carbonyl (C=O) groups excluding carboxylic acids is 1. The molecule has 0 aromatic heterocycles. The lowest BCUT2D eigenvalue weighted by atomic mass is 10.1. The molecule has 22 heavy (non-hydrogen) atoms. The van der Waals surface area contributed by atoms with Gasteiger partial charge < -0.3 is 14.7 Å². The molecule has 0 saturated carbocycles. The summed E-state index contributed by atoms with van der Waals surface area (Å²) in [5, 5.41) is 8.69. The summed E-state index contributed by atoms with van der Waals surface area (Å²) >= 11 is 0. The van der Waals surface area contributed by atoms with Gasteiger partial charge in [-0.1, -0.05) is 12.1 Å². The molecule has 6 heteroatoms. The zero-order valence-electron chi connectivity index (χ0n) is 12.8. The van der Waals surface area contributed by atoms with Gasteiger partial charge in [-0.15, -0.1) is 0 Å². The van der Waals surface area contributed by atoms with Crippen LogP contribution in [-0.2, 0) is 16.0 Å². The SMILES string of the molecule is COc1ccc(CC(=O)N2CCN(CCC(=O)O)CC2)cc1. The molecule has 0 spiro atoms. The number of ether oxygens (including phenoxy) is 1. The van der Waals surface area contributed by atoms with E-state index in [2.05, 4.69) is 4.90 Å². The summed E-state index contributed by atoms with van der Waals surface area (Å²) in [5.41, 5.74) is 0.971. The fourth-order valence-electron chi connectivity index (χ4n) is 2.50. The average molecular weight is 306 g/mol. The normalized spacial score (nSPS) is 15.6. The highest BCUT2D eigenvalue weighted by molar-refractivity contribution is 5.79. The third kappa shape index (κ3) is 4.73. The van der Waals surface area contributed by atoms with E-state index in [1.165, 1.54) is 0 Å². The van der Waals surface area contributed by atoms with E-state index in [4.69, 9.17) is 9.84 Å². The standard InChI is InChI=1S/C16H22N2O4/c1-22-14-4-2-13(3-5-14)12-15(19)18-10-8-17(9-11-18)7-6-16(20)21/h2-5H,6-12H2,1H3,(H,20,21). The quantitative estimate of drug-likeness (QED) is 0.844. The lowest BCUT2D eigenvalue weighted by Gasteiger charge is -2.34. The van der Waals surface area contributed by atoms with Gasteiger partial charge in [0.25, 0.3) is 0 Å². The number of methoxy groups -OCH3 is 1. The molecule has 120 valence electrons. The van der Waals surface area contributed by atoms with Crippen molar-refractivity contribution in [3.05, 3.63) is 29.8 Å². The molecule has 1 aromatic rings. The largest absolute Gasteiger partial charge is 0.497 e. The van der Waals surface area contributed by atoms with Gasteiger partial charge in [-0.2, -0.15) is 0 Å². The van der Waals surface area contributed by atoms with E-state index in [0.717, 1.165) is 24.4 Å². The Morgan fingerprint density at radius 3 is 2.32 bits per heavy atom. The van der Waals surface area contributed by atoms with Gasteiger partial charge in [0.1, 0.15) is 5.75 Å². The molecular weight excluding hydrogens is 284 g/mol. The van der Waals surface area contributed by atoms with Gasteiger partial charge >= 0.3 is 5.97 Å². The third-order valence-electron chi connectivity index (χ3n) is 3.88. The number of rotatable bonds is 6. The predicted octanol–water partition coefficient (Wildman–Crippen LogP) is 0.857. The van der Waals surface area contributed by atoms with Crippen LogP contribution in [0.2, 0.25) is 0 Å². The van der Waals surface area contributed by atoms with Crippen molar-refractivity contribution < 1.29 is 19.4 Å². The van der Waals surface area contributed by atoms with Gasteiger partial charge in [-0.3, -0.25) is 14.5 Å². The van der Waals surface area contributed by atoms with Crippen LogP contribution < -0.4 is 4.74 Å². The first-order valence-electron chi connectivity index (χ1n) is 7.43. The van der Waals surface area contributed by atoms with E-state index in [0.29, 0.717) is 26.1 Å². The Kier molecular flexibility index (Phi) is 5.77. The van der Waals surface area contributed by atoms with Crippen molar-refractivity contribution in [3.8, 4) is 5.75 Å². The molecule has 0 radical (unpaired) electrons. The van der Waals surface area contributed by atoms with E-state index < -0.39 is 5.97 Å². The number of hydrogen-bond acceptors (Lipinski definition) is 4. The van der Waals surface area contributed by atoms with Crippen molar-refractivity contribution in [2.75, 3.05) is 39.8 Å². The predicted molar refractivity (Wildman–Crippen MR) is 82.0 cm³/mol. The molecule has 1 aliphatic rings. The van der Waals surface area contributed by atoms with E-state index in [9.17, 15) is 9.59 Å². The minimum atomic E-state index is -0.780. The number of carboxylic acid groups (broad SMARTS) is 1. The number of carboxylic acids is 1. The van der Waals surface area contributed by atoms with Crippen LogP contribution in [0.15, 0.2) is 24.3 Å².